The fourth-order valence-corrected chi connectivity index (χ4v) is 3.96. The molecule has 4 nitrogen and oxygen atoms in total. The number of carbonyl (C=O) groups is 2. The van der Waals surface area contributed by atoms with Crippen LogP contribution in [-0.4, -0.2) is 23.7 Å². The molecule has 0 spiro atoms. The lowest BCUT2D eigenvalue weighted by Gasteiger charge is -2.10. The highest BCUT2D eigenvalue weighted by atomic mass is 35.5. The zero-order valence-electron chi connectivity index (χ0n) is 19.0. The summed E-state index contributed by atoms with van der Waals surface area (Å²) >= 11 is 11.9. The van der Waals surface area contributed by atoms with Crippen molar-refractivity contribution >= 4 is 35.1 Å². The first kappa shape index (κ1) is 26.9. The number of hydrogen-bond donors (Lipinski definition) is 1. The van der Waals surface area contributed by atoms with Crippen molar-refractivity contribution in [2.75, 3.05) is 6.61 Å². The molecule has 36 heavy (non-hydrogen) atoms. The van der Waals surface area contributed by atoms with Gasteiger partial charge in [0.2, 0.25) is 0 Å². The maximum Gasteiger partial charge on any atom is 0.338 e. The minimum Gasteiger partial charge on any atom is -0.478 e. The lowest BCUT2D eigenvalue weighted by molar-refractivity contribution is 0.0526. The van der Waals surface area contributed by atoms with Gasteiger partial charge in [0, 0.05) is 11.1 Å². The maximum absolute atomic E-state index is 13.1. The zero-order chi connectivity index (χ0) is 26.2. The largest absolute Gasteiger partial charge is 0.478 e. The summed E-state index contributed by atoms with van der Waals surface area (Å²) in [5.74, 6) is -2.33. The number of carboxylic acids is 1. The van der Waals surface area contributed by atoms with E-state index in [-0.39, 0.29) is 15.6 Å². The lowest BCUT2D eigenvalue weighted by atomic mass is 9.99. The van der Waals surface area contributed by atoms with Crippen LogP contribution in [0.15, 0.2) is 84.9 Å². The van der Waals surface area contributed by atoms with Gasteiger partial charge in [0.25, 0.3) is 0 Å². The molecule has 0 aromatic heterocycles. The van der Waals surface area contributed by atoms with Gasteiger partial charge in [-0.3, -0.25) is 0 Å². The number of hydrogen-bond acceptors (Lipinski definition) is 3. The molecule has 4 aromatic rings. The molecule has 0 unspecified atom stereocenters. The van der Waals surface area contributed by atoms with Gasteiger partial charge in [-0.1, -0.05) is 59.6 Å². The Hall–Kier alpha value is -3.74. The van der Waals surface area contributed by atoms with Gasteiger partial charge < -0.3 is 9.84 Å². The molecule has 184 valence electrons. The SMILES string of the molecule is CCOC(=O)c1ccccc1-c1ccc(F)cc1Cl.O=C(O)c1ccccc1-c1ccc(F)cc1Cl. The molecule has 4 rings (SSSR count). The van der Waals surface area contributed by atoms with Gasteiger partial charge in [0.1, 0.15) is 11.6 Å². The Kier molecular flexibility index (Phi) is 9.17. The van der Waals surface area contributed by atoms with Crippen LogP contribution in [0.1, 0.15) is 27.6 Å². The molecular weight excluding hydrogens is 509 g/mol. The molecule has 0 aliphatic heterocycles. The van der Waals surface area contributed by atoms with Gasteiger partial charge in [-0.25, -0.2) is 18.4 Å². The number of carbonyl (C=O) groups excluding carboxylic acids is 1. The first-order valence-electron chi connectivity index (χ1n) is 10.7. The van der Waals surface area contributed by atoms with E-state index in [0.29, 0.717) is 34.4 Å². The number of benzene rings is 4. The highest BCUT2D eigenvalue weighted by Crippen LogP contribution is 2.32. The highest BCUT2D eigenvalue weighted by molar-refractivity contribution is 6.34. The fraction of sp³-hybridized carbons (Fsp3) is 0.0714. The first-order chi connectivity index (χ1) is 17.2. The summed E-state index contributed by atoms with van der Waals surface area (Å²) in [6.45, 7) is 2.04. The van der Waals surface area contributed by atoms with Gasteiger partial charge in [-0.15, -0.1) is 0 Å². The molecule has 1 N–H and O–H groups in total. The number of ether oxygens (including phenoxy) is 1. The van der Waals surface area contributed by atoms with Crippen molar-refractivity contribution in [3.8, 4) is 22.3 Å². The Morgan fingerprint density at radius 1 is 0.722 bits per heavy atom. The van der Waals surface area contributed by atoms with E-state index in [4.69, 9.17) is 33.0 Å². The minimum absolute atomic E-state index is 0.140. The Morgan fingerprint density at radius 3 is 1.61 bits per heavy atom. The van der Waals surface area contributed by atoms with Crippen molar-refractivity contribution in [3.05, 3.63) is 118 Å². The molecule has 4 aromatic carbocycles. The quantitative estimate of drug-likeness (QED) is 0.265. The van der Waals surface area contributed by atoms with Gasteiger partial charge in [0.05, 0.1) is 27.8 Å². The topological polar surface area (TPSA) is 63.6 Å². The van der Waals surface area contributed by atoms with Crippen LogP contribution in [0.2, 0.25) is 10.0 Å². The number of aromatic carboxylic acids is 1. The van der Waals surface area contributed by atoms with E-state index < -0.39 is 23.6 Å². The Bertz CT molecular complexity index is 1410. The molecule has 0 saturated heterocycles. The van der Waals surface area contributed by atoms with E-state index >= 15 is 0 Å². The number of rotatable bonds is 5. The van der Waals surface area contributed by atoms with Crippen LogP contribution in [0, 0.1) is 11.6 Å². The van der Waals surface area contributed by atoms with Crippen molar-refractivity contribution in [2.24, 2.45) is 0 Å². The average molecular weight is 529 g/mol. The zero-order valence-corrected chi connectivity index (χ0v) is 20.5. The van der Waals surface area contributed by atoms with Crippen LogP contribution in [0.5, 0.6) is 0 Å². The summed E-state index contributed by atoms with van der Waals surface area (Å²) in [6.07, 6.45) is 0. The molecule has 0 aliphatic rings. The second-order valence-corrected chi connectivity index (χ2v) is 8.18. The van der Waals surface area contributed by atoms with Crippen LogP contribution in [0.4, 0.5) is 8.78 Å². The van der Waals surface area contributed by atoms with Gasteiger partial charge in [-0.05, 0) is 66.6 Å². The smallest absolute Gasteiger partial charge is 0.338 e. The Labute approximate surface area is 216 Å². The molecule has 0 amide bonds. The van der Waals surface area contributed by atoms with E-state index in [1.165, 1.54) is 30.3 Å². The molecule has 0 fully saturated rings. The van der Waals surface area contributed by atoms with Crippen molar-refractivity contribution in [1.29, 1.82) is 0 Å². The predicted octanol–water partition coefficient (Wildman–Crippen LogP) is 8.17. The van der Waals surface area contributed by atoms with Crippen LogP contribution in [-0.2, 0) is 4.74 Å². The van der Waals surface area contributed by atoms with Crippen LogP contribution in [0.25, 0.3) is 22.3 Å². The summed E-state index contributed by atoms with van der Waals surface area (Å²) in [7, 11) is 0. The van der Waals surface area contributed by atoms with E-state index in [9.17, 15) is 18.4 Å². The van der Waals surface area contributed by atoms with Gasteiger partial charge in [0.15, 0.2) is 0 Å². The number of carboxylic acid groups (broad SMARTS) is 1. The number of halogens is 4. The second kappa shape index (κ2) is 12.3. The molecule has 0 saturated carbocycles. The first-order valence-corrected chi connectivity index (χ1v) is 11.5. The van der Waals surface area contributed by atoms with Crippen molar-refractivity contribution in [3.63, 3.8) is 0 Å². The Balaban J connectivity index is 0.000000202. The third-order valence-electron chi connectivity index (χ3n) is 5.02. The Morgan fingerprint density at radius 2 is 1.17 bits per heavy atom. The monoisotopic (exact) mass is 528 g/mol. The van der Waals surface area contributed by atoms with E-state index in [1.54, 1.807) is 55.5 Å². The fourth-order valence-electron chi connectivity index (χ4n) is 3.43. The summed E-state index contributed by atoms with van der Waals surface area (Å²) in [4.78, 5) is 22.9. The van der Waals surface area contributed by atoms with Crippen LogP contribution < -0.4 is 0 Å². The highest BCUT2D eigenvalue weighted by Gasteiger charge is 2.16. The molecule has 0 radical (unpaired) electrons. The number of esters is 1. The third-order valence-corrected chi connectivity index (χ3v) is 5.65. The molecular formula is C28H20Cl2F2O4. The third kappa shape index (κ3) is 6.47. The molecule has 0 aliphatic carbocycles. The van der Waals surface area contributed by atoms with Crippen molar-refractivity contribution in [1.82, 2.24) is 0 Å². The van der Waals surface area contributed by atoms with Gasteiger partial charge in [-0.2, -0.15) is 0 Å². The summed E-state index contributed by atoms with van der Waals surface area (Å²) in [5, 5.41) is 9.51. The summed E-state index contributed by atoms with van der Waals surface area (Å²) in [6, 6.07) is 21.4. The second-order valence-electron chi connectivity index (χ2n) is 7.37. The maximum atomic E-state index is 13.1. The molecule has 0 bridgehead atoms. The van der Waals surface area contributed by atoms with Crippen LogP contribution >= 0.6 is 23.2 Å². The van der Waals surface area contributed by atoms with Crippen molar-refractivity contribution in [2.45, 2.75) is 6.92 Å². The molecule has 8 heteroatoms. The molecule has 0 atom stereocenters. The van der Waals surface area contributed by atoms with Crippen LogP contribution in [0.3, 0.4) is 0 Å². The summed E-state index contributed by atoms with van der Waals surface area (Å²) in [5.41, 5.74) is 2.77. The predicted molar refractivity (Wildman–Crippen MR) is 137 cm³/mol. The normalized spacial score (nSPS) is 10.2. The van der Waals surface area contributed by atoms with E-state index in [1.807, 2.05) is 0 Å². The summed E-state index contributed by atoms with van der Waals surface area (Å²) < 4.78 is 31.0. The van der Waals surface area contributed by atoms with E-state index in [0.717, 1.165) is 6.07 Å². The van der Waals surface area contributed by atoms with Gasteiger partial charge >= 0.3 is 11.9 Å². The molecule has 0 heterocycles. The van der Waals surface area contributed by atoms with E-state index in [2.05, 4.69) is 0 Å². The minimum atomic E-state index is -1.04. The average Bonchev–Trinajstić information content (AvgIpc) is 2.85. The lowest BCUT2D eigenvalue weighted by Crippen LogP contribution is -2.06. The van der Waals surface area contributed by atoms with Crippen molar-refractivity contribution < 1.29 is 28.2 Å². The standard InChI is InChI=1S/C15H12ClFO2.C13H8ClFO2/c1-2-19-15(18)13-6-4-3-5-11(13)12-8-7-10(17)9-14(12)16;14-12-7-8(15)5-6-10(12)9-3-1-2-4-11(9)13(16)17/h3-9H,2H2,1H3;1-7H,(H,16,17).